The molecule has 0 radical (unpaired) electrons. The van der Waals surface area contributed by atoms with Crippen molar-refractivity contribution >= 4 is 24.0 Å². The van der Waals surface area contributed by atoms with Gasteiger partial charge in [-0.15, -0.1) is 24.0 Å². The number of hydrogen-bond donors (Lipinski definition) is 1. The first-order chi connectivity index (χ1) is 4.50. The van der Waals surface area contributed by atoms with E-state index >= 15 is 0 Å². The maximum Gasteiger partial charge on any atom is 0.427 e. The molecule has 10 heavy (non-hydrogen) atoms. The van der Waals surface area contributed by atoms with Crippen molar-refractivity contribution in [2.45, 2.75) is 10.5 Å². The van der Waals surface area contributed by atoms with Crippen LogP contribution in [0.25, 0.3) is 0 Å². The van der Waals surface area contributed by atoms with Crippen molar-refractivity contribution in [2.24, 2.45) is 0 Å². The van der Waals surface area contributed by atoms with Crippen LogP contribution >= 0.6 is 24.0 Å². The number of hydrogen-bond acceptors (Lipinski definition) is 3. The van der Waals surface area contributed by atoms with Crippen molar-refractivity contribution in [1.82, 2.24) is 4.98 Å². The van der Waals surface area contributed by atoms with Crippen LogP contribution in [0.3, 0.4) is 0 Å². The van der Waals surface area contributed by atoms with Crippen LogP contribution in [0.5, 0.6) is 0 Å². The van der Waals surface area contributed by atoms with Gasteiger partial charge in [0.05, 0.1) is 6.20 Å². The Bertz CT molecular complexity index is 229. The highest BCUT2D eigenvalue weighted by Gasteiger charge is 2.32. The third-order valence-corrected chi connectivity index (χ3v) is 2.01. The normalized spacial score (nSPS) is 12.0. The Hall–Kier alpha value is -0.230. The van der Waals surface area contributed by atoms with Gasteiger partial charge in [-0.2, -0.15) is 13.2 Å². The molecule has 1 nitrogen and oxygen atoms in total. The summed E-state index contributed by atoms with van der Waals surface area (Å²) in [4.78, 5) is 2.64. The lowest BCUT2D eigenvalue weighted by Gasteiger charge is -1.98. The Morgan fingerprint density at radius 1 is 1.50 bits per heavy atom. The highest BCUT2D eigenvalue weighted by Crippen LogP contribution is 2.33. The molecule has 0 saturated carbocycles. The average Bonchev–Trinajstić information content (AvgIpc) is 2.11. The fourth-order valence-electron chi connectivity index (χ4n) is 0.396. The standard InChI is InChI=1S/C4H2F3NS2/c5-4(6,7)2-1-8-3(9)10-2/h1H,(H,8,9). The lowest BCUT2D eigenvalue weighted by atomic mass is 10.5. The second-order valence-corrected chi connectivity index (χ2v) is 3.26. The van der Waals surface area contributed by atoms with Gasteiger partial charge in [-0.05, 0) is 0 Å². The van der Waals surface area contributed by atoms with Crippen LogP contribution in [-0.4, -0.2) is 4.98 Å². The minimum absolute atomic E-state index is 0.132. The summed E-state index contributed by atoms with van der Waals surface area (Å²) in [5.41, 5.74) is 0. The Labute approximate surface area is 64.3 Å². The summed E-state index contributed by atoms with van der Waals surface area (Å²) in [6.45, 7) is 0. The summed E-state index contributed by atoms with van der Waals surface area (Å²) in [5.74, 6) is 0. The molecule has 6 heteroatoms. The fraction of sp³-hybridized carbons (Fsp3) is 0.250. The summed E-state index contributed by atoms with van der Waals surface area (Å²) < 4.78 is 35.3. The van der Waals surface area contributed by atoms with Gasteiger partial charge in [0.2, 0.25) is 0 Å². The molecular weight excluding hydrogens is 183 g/mol. The van der Waals surface area contributed by atoms with Crippen LogP contribution in [0, 0.1) is 0 Å². The SMILES string of the molecule is FC(F)(F)c1cnc(S)s1. The lowest BCUT2D eigenvalue weighted by Crippen LogP contribution is -2.00. The number of thiol groups is 1. The molecule has 0 unspecified atom stereocenters. The third-order valence-electron chi connectivity index (χ3n) is 0.773. The van der Waals surface area contributed by atoms with Crippen LogP contribution in [0.2, 0.25) is 0 Å². The van der Waals surface area contributed by atoms with Crippen molar-refractivity contribution in [1.29, 1.82) is 0 Å². The molecule has 1 heterocycles. The summed E-state index contributed by atoms with van der Waals surface area (Å²) in [5, 5.41) is 0. The zero-order valence-corrected chi connectivity index (χ0v) is 6.22. The minimum atomic E-state index is -4.28. The van der Waals surface area contributed by atoms with Crippen molar-refractivity contribution in [3.8, 4) is 0 Å². The second-order valence-electron chi connectivity index (χ2n) is 1.50. The third kappa shape index (κ3) is 1.63. The van der Waals surface area contributed by atoms with E-state index in [9.17, 15) is 13.2 Å². The molecule has 0 N–H and O–H groups in total. The largest absolute Gasteiger partial charge is 0.427 e. The predicted octanol–water partition coefficient (Wildman–Crippen LogP) is 2.45. The van der Waals surface area contributed by atoms with E-state index in [4.69, 9.17) is 0 Å². The molecule has 0 amide bonds. The molecule has 0 aromatic carbocycles. The molecule has 0 fully saturated rings. The van der Waals surface area contributed by atoms with E-state index < -0.39 is 11.1 Å². The maximum absolute atomic E-state index is 11.7. The van der Waals surface area contributed by atoms with Gasteiger partial charge in [-0.1, -0.05) is 0 Å². The molecule has 0 saturated heterocycles. The van der Waals surface area contributed by atoms with E-state index in [0.717, 1.165) is 6.20 Å². The minimum Gasteiger partial charge on any atom is -0.238 e. The number of nitrogens with zero attached hydrogens (tertiary/aromatic N) is 1. The Morgan fingerprint density at radius 3 is 2.30 bits per heavy atom. The first-order valence-corrected chi connectivity index (χ1v) is 3.48. The molecule has 0 aliphatic heterocycles. The van der Waals surface area contributed by atoms with Crippen molar-refractivity contribution in [3.63, 3.8) is 0 Å². The van der Waals surface area contributed by atoms with E-state index in [1.165, 1.54) is 0 Å². The first kappa shape index (κ1) is 7.87. The van der Waals surface area contributed by atoms with Crippen LogP contribution in [0.15, 0.2) is 10.5 Å². The van der Waals surface area contributed by atoms with E-state index in [-0.39, 0.29) is 4.34 Å². The van der Waals surface area contributed by atoms with Crippen LogP contribution in [0.4, 0.5) is 13.2 Å². The van der Waals surface area contributed by atoms with Crippen LogP contribution < -0.4 is 0 Å². The second kappa shape index (κ2) is 2.43. The molecule has 1 aromatic rings. The first-order valence-electron chi connectivity index (χ1n) is 2.22. The number of alkyl halides is 3. The Kier molecular flexibility index (Phi) is 1.91. The van der Waals surface area contributed by atoms with Crippen molar-refractivity contribution < 1.29 is 13.2 Å². The molecule has 0 aliphatic carbocycles. The van der Waals surface area contributed by atoms with Gasteiger partial charge in [0.25, 0.3) is 0 Å². The topological polar surface area (TPSA) is 12.9 Å². The lowest BCUT2D eigenvalue weighted by molar-refractivity contribution is -0.134. The molecule has 1 rings (SSSR count). The smallest absolute Gasteiger partial charge is 0.238 e. The quantitative estimate of drug-likeness (QED) is 0.612. The molecule has 0 spiro atoms. The highest BCUT2D eigenvalue weighted by atomic mass is 32.2. The zero-order valence-electron chi connectivity index (χ0n) is 4.51. The van der Waals surface area contributed by atoms with Crippen LogP contribution in [-0.2, 0) is 6.18 Å². The van der Waals surface area contributed by atoms with Gasteiger partial charge < -0.3 is 0 Å². The van der Waals surface area contributed by atoms with Gasteiger partial charge in [0.1, 0.15) is 9.22 Å². The highest BCUT2D eigenvalue weighted by molar-refractivity contribution is 7.82. The molecule has 0 atom stereocenters. The van der Waals surface area contributed by atoms with Gasteiger partial charge in [-0.25, -0.2) is 4.98 Å². The summed E-state index contributed by atoms with van der Waals surface area (Å²) >= 11 is 4.17. The average molecular weight is 185 g/mol. The molecule has 0 bridgehead atoms. The summed E-state index contributed by atoms with van der Waals surface area (Å²) in [6.07, 6.45) is -3.51. The van der Waals surface area contributed by atoms with Crippen molar-refractivity contribution in [3.05, 3.63) is 11.1 Å². The number of rotatable bonds is 0. The fourth-order valence-corrected chi connectivity index (χ4v) is 1.27. The Balaban J connectivity index is 2.96. The van der Waals surface area contributed by atoms with Gasteiger partial charge in [-0.3, -0.25) is 0 Å². The molecule has 0 aliphatic rings. The number of halogens is 3. The zero-order chi connectivity index (χ0) is 7.78. The maximum atomic E-state index is 11.7. The monoisotopic (exact) mass is 185 g/mol. The molecule has 1 aromatic heterocycles. The van der Waals surface area contributed by atoms with E-state index in [0.29, 0.717) is 11.3 Å². The van der Waals surface area contributed by atoms with Gasteiger partial charge in [0.15, 0.2) is 0 Å². The molecular formula is C4H2F3NS2. The van der Waals surface area contributed by atoms with Crippen molar-refractivity contribution in [2.75, 3.05) is 0 Å². The van der Waals surface area contributed by atoms with Crippen LogP contribution in [0.1, 0.15) is 4.88 Å². The predicted molar refractivity (Wildman–Crippen MR) is 34.4 cm³/mol. The number of thiazole rings is 1. The van der Waals surface area contributed by atoms with E-state index in [1.807, 2.05) is 0 Å². The van der Waals surface area contributed by atoms with Gasteiger partial charge in [0, 0.05) is 0 Å². The summed E-state index contributed by atoms with van der Waals surface area (Å²) in [6, 6.07) is 0. The molecule has 56 valence electrons. The number of aromatic nitrogens is 1. The Morgan fingerprint density at radius 2 is 2.10 bits per heavy atom. The van der Waals surface area contributed by atoms with Gasteiger partial charge >= 0.3 is 6.18 Å². The van der Waals surface area contributed by atoms with E-state index in [1.54, 1.807) is 0 Å². The summed E-state index contributed by atoms with van der Waals surface area (Å²) in [7, 11) is 0. The van der Waals surface area contributed by atoms with E-state index in [2.05, 4.69) is 17.6 Å².